The first kappa shape index (κ1) is 11.1. The Labute approximate surface area is 98.9 Å². The van der Waals surface area contributed by atoms with Crippen molar-refractivity contribution in [2.24, 2.45) is 11.7 Å². The van der Waals surface area contributed by atoms with Crippen molar-refractivity contribution in [2.75, 3.05) is 6.61 Å². The Balaban J connectivity index is 2.13. The van der Waals surface area contributed by atoms with Crippen LogP contribution < -0.4 is 5.73 Å². The van der Waals surface area contributed by atoms with Gasteiger partial charge >= 0.3 is 0 Å². The second-order valence-corrected chi connectivity index (χ2v) is 5.02. The van der Waals surface area contributed by atoms with Gasteiger partial charge in [0.2, 0.25) is 0 Å². The van der Waals surface area contributed by atoms with E-state index in [-0.39, 0.29) is 12.1 Å². The van der Waals surface area contributed by atoms with Crippen LogP contribution in [0.1, 0.15) is 24.9 Å². The van der Waals surface area contributed by atoms with E-state index in [9.17, 15) is 0 Å². The molecule has 1 aromatic rings. The zero-order valence-electron chi connectivity index (χ0n) is 8.82. The third-order valence-electron chi connectivity index (χ3n) is 3.15. The van der Waals surface area contributed by atoms with E-state index >= 15 is 0 Å². The highest BCUT2D eigenvalue weighted by Gasteiger charge is 2.30. The molecule has 1 aliphatic heterocycles. The lowest BCUT2D eigenvalue weighted by molar-refractivity contribution is 0.0995. The summed E-state index contributed by atoms with van der Waals surface area (Å²) in [4.78, 5) is 0. The molecule has 3 unspecified atom stereocenters. The van der Waals surface area contributed by atoms with E-state index in [4.69, 9.17) is 10.5 Å². The first-order chi connectivity index (χ1) is 7.18. The summed E-state index contributed by atoms with van der Waals surface area (Å²) >= 11 is 3.42. The second kappa shape index (κ2) is 4.64. The Morgan fingerprint density at radius 1 is 1.40 bits per heavy atom. The molecule has 0 saturated carbocycles. The number of hydrogen-bond donors (Lipinski definition) is 1. The smallest absolute Gasteiger partial charge is 0.0594 e. The van der Waals surface area contributed by atoms with Gasteiger partial charge in [-0.15, -0.1) is 0 Å². The molecule has 1 aromatic carbocycles. The molecule has 2 N–H and O–H groups in total. The van der Waals surface area contributed by atoms with Crippen LogP contribution in [-0.2, 0) is 4.74 Å². The van der Waals surface area contributed by atoms with Gasteiger partial charge in [0, 0.05) is 23.0 Å². The molecule has 2 rings (SSSR count). The summed E-state index contributed by atoms with van der Waals surface area (Å²) in [5, 5.41) is 0. The minimum absolute atomic E-state index is 0.0931. The van der Waals surface area contributed by atoms with Crippen molar-refractivity contribution >= 4 is 15.9 Å². The van der Waals surface area contributed by atoms with Gasteiger partial charge in [-0.25, -0.2) is 0 Å². The molecule has 1 heterocycles. The molecule has 0 radical (unpaired) electrons. The molecule has 0 spiro atoms. The van der Waals surface area contributed by atoms with Crippen molar-refractivity contribution in [1.82, 2.24) is 0 Å². The molecule has 82 valence electrons. The fraction of sp³-hybridized carbons (Fsp3) is 0.500. The van der Waals surface area contributed by atoms with E-state index in [0.29, 0.717) is 5.92 Å². The van der Waals surface area contributed by atoms with Crippen LogP contribution in [0.3, 0.4) is 0 Å². The second-order valence-electron chi connectivity index (χ2n) is 4.11. The number of rotatable bonds is 2. The molecule has 0 aromatic heterocycles. The van der Waals surface area contributed by atoms with Crippen molar-refractivity contribution in [1.29, 1.82) is 0 Å². The van der Waals surface area contributed by atoms with E-state index in [1.165, 1.54) is 5.56 Å². The number of ether oxygens (including phenoxy) is 1. The molecule has 3 heteroatoms. The van der Waals surface area contributed by atoms with Crippen LogP contribution in [0, 0.1) is 5.92 Å². The maximum absolute atomic E-state index is 6.25. The average Bonchev–Trinajstić information content (AvgIpc) is 2.65. The van der Waals surface area contributed by atoms with Crippen LogP contribution in [-0.4, -0.2) is 12.7 Å². The standard InChI is InChI=1S/C12H16BrNO/c1-8-11(6-7-15-8)12(14)9-2-4-10(13)5-3-9/h2-5,8,11-12H,6-7,14H2,1H3. The van der Waals surface area contributed by atoms with Crippen LogP contribution in [0.25, 0.3) is 0 Å². The minimum atomic E-state index is 0.0931. The Morgan fingerprint density at radius 2 is 2.07 bits per heavy atom. The van der Waals surface area contributed by atoms with Crippen LogP contribution in [0.2, 0.25) is 0 Å². The molecule has 2 nitrogen and oxygen atoms in total. The highest BCUT2D eigenvalue weighted by atomic mass is 79.9. The molecule has 0 amide bonds. The Hall–Kier alpha value is -0.380. The van der Waals surface area contributed by atoms with E-state index < -0.39 is 0 Å². The van der Waals surface area contributed by atoms with Gasteiger partial charge in [-0.3, -0.25) is 0 Å². The van der Waals surface area contributed by atoms with Gasteiger partial charge in [-0.05, 0) is 31.0 Å². The Morgan fingerprint density at radius 3 is 2.60 bits per heavy atom. The monoisotopic (exact) mass is 269 g/mol. The lowest BCUT2D eigenvalue weighted by Crippen LogP contribution is -2.26. The number of halogens is 1. The van der Waals surface area contributed by atoms with Gasteiger partial charge < -0.3 is 10.5 Å². The molecule has 0 aliphatic carbocycles. The molecule has 1 aliphatic rings. The minimum Gasteiger partial charge on any atom is -0.378 e. The van der Waals surface area contributed by atoms with Crippen LogP contribution in [0.15, 0.2) is 28.7 Å². The van der Waals surface area contributed by atoms with Crippen molar-refractivity contribution in [3.8, 4) is 0 Å². The summed E-state index contributed by atoms with van der Waals surface area (Å²) in [6.07, 6.45) is 1.35. The lowest BCUT2D eigenvalue weighted by Gasteiger charge is -2.22. The van der Waals surface area contributed by atoms with Gasteiger partial charge in [0.1, 0.15) is 0 Å². The molecule has 0 bridgehead atoms. The Bertz CT molecular complexity index is 325. The summed E-state index contributed by atoms with van der Waals surface area (Å²) in [6.45, 7) is 2.95. The number of nitrogens with two attached hydrogens (primary N) is 1. The van der Waals surface area contributed by atoms with Crippen LogP contribution >= 0.6 is 15.9 Å². The van der Waals surface area contributed by atoms with Crippen LogP contribution in [0.5, 0.6) is 0 Å². The molecule has 3 atom stereocenters. The van der Waals surface area contributed by atoms with Gasteiger partial charge in [0.25, 0.3) is 0 Å². The molecular formula is C12H16BrNO. The zero-order valence-corrected chi connectivity index (χ0v) is 10.4. The summed E-state index contributed by atoms with van der Waals surface area (Å²) in [6, 6.07) is 8.33. The van der Waals surface area contributed by atoms with Crippen molar-refractivity contribution in [3.05, 3.63) is 34.3 Å². The summed E-state index contributed by atoms with van der Waals surface area (Å²) in [5.74, 6) is 0.450. The van der Waals surface area contributed by atoms with Gasteiger partial charge in [-0.1, -0.05) is 28.1 Å². The Kier molecular flexibility index (Phi) is 3.44. The molecule has 1 saturated heterocycles. The first-order valence-electron chi connectivity index (χ1n) is 5.31. The highest BCUT2D eigenvalue weighted by molar-refractivity contribution is 9.10. The summed E-state index contributed by atoms with van der Waals surface area (Å²) < 4.78 is 6.63. The van der Waals surface area contributed by atoms with E-state index in [0.717, 1.165) is 17.5 Å². The SMILES string of the molecule is CC1OCCC1C(N)c1ccc(Br)cc1. The normalized spacial score (nSPS) is 27.9. The predicted molar refractivity (Wildman–Crippen MR) is 64.6 cm³/mol. The highest BCUT2D eigenvalue weighted by Crippen LogP contribution is 2.31. The fourth-order valence-electron chi connectivity index (χ4n) is 2.15. The topological polar surface area (TPSA) is 35.2 Å². The zero-order chi connectivity index (χ0) is 10.8. The van der Waals surface area contributed by atoms with Crippen molar-refractivity contribution in [2.45, 2.75) is 25.5 Å². The fourth-order valence-corrected chi connectivity index (χ4v) is 2.42. The van der Waals surface area contributed by atoms with E-state index in [1.807, 2.05) is 12.1 Å². The summed E-state index contributed by atoms with van der Waals surface area (Å²) in [7, 11) is 0. The van der Waals surface area contributed by atoms with Crippen LogP contribution in [0.4, 0.5) is 0 Å². The average molecular weight is 270 g/mol. The lowest BCUT2D eigenvalue weighted by atomic mass is 9.89. The maximum Gasteiger partial charge on any atom is 0.0594 e. The van der Waals surface area contributed by atoms with E-state index in [1.54, 1.807) is 0 Å². The van der Waals surface area contributed by atoms with Gasteiger partial charge in [0.15, 0.2) is 0 Å². The maximum atomic E-state index is 6.25. The largest absolute Gasteiger partial charge is 0.378 e. The third kappa shape index (κ3) is 2.41. The molecular weight excluding hydrogens is 254 g/mol. The first-order valence-corrected chi connectivity index (χ1v) is 6.10. The van der Waals surface area contributed by atoms with Crippen molar-refractivity contribution in [3.63, 3.8) is 0 Å². The van der Waals surface area contributed by atoms with Gasteiger partial charge in [0.05, 0.1) is 6.10 Å². The van der Waals surface area contributed by atoms with Gasteiger partial charge in [-0.2, -0.15) is 0 Å². The number of benzene rings is 1. The quantitative estimate of drug-likeness (QED) is 0.896. The molecule has 1 fully saturated rings. The predicted octanol–water partition coefficient (Wildman–Crippen LogP) is 2.87. The molecule has 15 heavy (non-hydrogen) atoms. The number of hydrogen-bond acceptors (Lipinski definition) is 2. The third-order valence-corrected chi connectivity index (χ3v) is 3.68. The summed E-state index contributed by atoms with van der Waals surface area (Å²) in [5.41, 5.74) is 7.44. The van der Waals surface area contributed by atoms with Crippen molar-refractivity contribution < 1.29 is 4.74 Å². The van der Waals surface area contributed by atoms with E-state index in [2.05, 4.69) is 35.0 Å².